The van der Waals surface area contributed by atoms with Crippen LogP contribution in [0.4, 0.5) is 0 Å². The number of aryl methyl sites for hydroxylation is 2. The van der Waals surface area contributed by atoms with Crippen LogP contribution in [0, 0.1) is 13.8 Å². The first kappa shape index (κ1) is 13.9. The summed E-state index contributed by atoms with van der Waals surface area (Å²) in [6.07, 6.45) is 1.84. The highest BCUT2D eigenvalue weighted by molar-refractivity contribution is 9.10. The zero-order chi connectivity index (χ0) is 13.8. The van der Waals surface area contributed by atoms with E-state index >= 15 is 0 Å². The second kappa shape index (κ2) is 6.07. The van der Waals surface area contributed by atoms with Crippen molar-refractivity contribution in [3.8, 4) is 5.75 Å². The normalized spacial score (nSPS) is 10.3. The van der Waals surface area contributed by atoms with E-state index in [4.69, 9.17) is 4.74 Å². The Morgan fingerprint density at radius 3 is 2.21 bits per heavy atom. The zero-order valence-electron chi connectivity index (χ0n) is 11.2. The summed E-state index contributed by atoms with van der Waals surface area (Å²) in [5.74, 6) is 0.969. The third-order valence-electron chi connectivity index (χ3n) is 3.02. The molecule has 0 aromatic heterocycles. The van der Waals surface area contributed by atoms with Crippen LogP contribution >= 0.6 is 15.9 Å². The van der Waals surface area contributed by atoms with Crippen LogP contribution in [0.15, 0.2) is 47.4 Å². The van der Waals surface area contributed by atoms with Crippen molar-refractivity contribution in [2.45, 2.75) is 20.5 Å². The highest BCUT2D eigenvalue weighted by atomic mass is 79.9. The van der Waals surface area contributed by atoms with E-state index in [-0.39, 0.29) is 0 Å². The Bertz CT molecular complexity index is 562. The minimum Gasteiger partial charge on any atom is -0.488 e. The Morgan fingerprint density at radius 2 is 1.68 bits per heavy atom. The summed E-state index contributed by atoms with van der Waals surface area (Å²) < 4.78 is 7.02. The predicted molar refractivity (Wildman–Crippen MR) is 84.5 cm³/mol. The number of hydrogen-bond donors (Lipinski definition) is 0. The molecule has 0 amide bonds. The Balaban J connectivity index is 2.12. The number of halogens is 1. The maximum atomic E-state index is 5.94. The minimum absolute atomic E-state index is 0.584. The molecular formula is C17H17BrO. The number of ether oxygens (including phenoxy) is 1. The molecule has 19 heavy (non-hydrogen) atoms. The quantitative estimate of drug-likeness (QED) is 0.744. The number of benzene rings is 2. The fourth-order valence-electron chi connectivity index (χ4n) is 2.03. The molecule has 0 bridgehead atoms. The molecule has 0 aliphatic carbocycles. The Hall–Kier alpha value is -1.54. The third kappa shape index (κ3) is 3.48. The first-order valence-electron chi connectivity index (χ1n) is 6.21. The van der Waals surface area contributed by atoms with Crippen LogP contribution < -0.4 is 4.74 Å². The van der Waals surface area contributed by atoms with E-state index in [0.29, 0.717) is 6.61 Å². The van der Waals surface area contributed by atoms with Crippen molar-refractivity contribution in [2.24, 2.45) is 0 Å². The summed E-state index contributed by atoms with van der Waals surface area (Å²) >= 11 is 3.49. The second-order valence-corrected chi connectivity index (χ2v) is 5.52. The Kier molecular flexibility index (Phi) is 4.43. The molecule has 98 valence electrons. The molecule has 0 atom stereocenters. The van der Waals surface area contributed by atoms with Gasteiger partial charge in [0, 0.05) is 4.47 Å². The minimum atomic E-state index is 0.584. The molecule has 0 radical (unpaired) electrons. The summed E-state index contributed by atoms with van der Waals surface area (Å²) in [6, 6.07) is 12.4. The molecule has 0 spiro atoms. The van der Waals surface area contributed by atoms with Crippen molar-refractivity contribution >= 4 is 22.0 Å². The molecule has 1 nitrogen and oxygen atoms in total. The van der Waals surface area contributed by atoms with Gasteiger partial charge in [0.2, 0.25) is 0 Å². The maximum absolute atomic E-state index is 5.94. The van der Waals surface area contributed by atoms with Crippen LogP contribution in [0.5, 0.6) is 5.75 Å². The van der Waals surface area contributed by atoms with Gasteiger partial charge in [0.15, 0.2) is 0 Å². The van der Waals surface area contributed by atoms with E-state index in [0.717, 1.165) is 32.5 Å². The summed E-state index contributed by atoms with van der Waals surface area (Å²) in [4.78, 5) is 0. The van der Waals surface area contributed by atoms with Crippen LogP contribution in [0.2, 0.25) is 0 Å². The number of rotatable bonds is 4. The van der Waals surface area contributed by atoms with Crippen molar-refractivity contribution in [2.75, 3.05) is 0 Å². The molecule has 0 unspecified atom stereocenters. The van der Waals surface area contributed by atoms with Crippen molar-refractivity contribution < 1.29 is 4.74 Å². The van der Waals surface area contributed by atoms with E-state index in [9.17, 15) is 0 Å². The topological polar surface area (TPSA) is 9.23 Å². The lowest BCUT2D eigenvalue weighted by molar-refractivity contribution is 0.302. The summed E-state index contributed by atoms with van der Waals surface area (Å²) in [5, 5.41) is 0. The average Bonchev–Trinajstić information content (AvgIpc) is 2.38. The predicted octanol–water partition coefficient (Wildman–Crippen LogP) is 5.29. The summed E-state index contributed by atoms with van der Waals surface area (Å²) in [6.45, 7) is 8.46. The molecule has 0 saturated heterocycles. The van der Waals surface area contributed by atoms with E-state index < -0.39 is 0 Å². The molecule has 2 aromatic carbocycles. The van der Waals surface area contributed by atoms with Gasteiger partial charge in [-0.3, -0.25) is 0 Å². The highest BCUT2D eigenvalue weighted by Crippen LogP contribution is 2.28. The van der Waals surface area contributed by atoms with Gasteiger partial charge in [0.1, 0.15) is 12.4 Å². The molecule has 0 fully saturated rings. The lowest BCUT2D eigenvalue weighted by Gasteiger charge is -2.13. The van der Waals surface area contributed by atoms with Gasteiger partial charge in [-0.25, -0.2) is 0 Å². The van der Waals surface area contributed by atoms with E-state index in [1.165, 1.54) is 0 Å². The SMILES string of the molecule is C=Cc1ccc(COc2c(C)cc(Br)cc2C)cc1. The molecule has 2 heteroatoms. The maximum Gasteiger partial charge on any atom is 0.125 e. The van der Waals surface area contributed by atoms with Gasteiger partial charge in [-0.05, 0) is 48.2 Å². The first-order chi connectivity index (χ1) is 9.10. The molecule has 0 heterocycles. The smallest absolute Gasteiger partial charge is 0.125 e. The monoisotopic (exact) mass is 316 g/mol. The zero-order valence-corrected chi connectivity index (χ0v) is 12.8. The fraction of sp³-hybridized carbons (Fsp3) is 0.176. The van der Waals surface area contributed by atoms with Crippen LogP contribution in [-0.2, 0) is 6.61 Å². The lowest BCUT2D eigenvalue weighted by Crippen LogP contribution is -1.99. The van der Waals surface area contributed by atoms with Crippen LogP contribution in [0.1, 0.15) is 22.3 Å². The molecule has 0 aliphatic rings. The standard InChI is InChI=1S/C17H17BrO/c1-4-14-5-7-15(8-6-14)11-19-17-12(2)9-16(18)10-13(17)3/h4-10H,1,11H2,2-3H3. The first-order valence-corrected chi connectivity index (χ1v) is 7.00. The fourth-order valence-corrected chi connectivity index (χ4v) is 2.72. The van der Waals surface area contributed by atoms with Gasteiger partial charge in [-0.2, -0.15) is 0 Å². The highest BCUT2D eigenvalue weighted by Gasteiger charge is 2.05. The van der Waals surface area contributed by atoms with Gasteiger partial charge in [-0.15, -0.1) is 0 Å². The number of hydrogen-bond acceptors (Lipinski definition) is 1. The van der Waals surface area contributed by atoms with Gasteiger partial charge < -0.3 is 4.74 Å². The molecule has 0 N–H and O–H groups in total. The molecule has 2 rings (SSSR count). The Morgan fingerprint density at radius 1 is 1.11 bits per heavy atom. The van der Waals surface area contributed by atoms with Crippen LogP contribution in [-0.4, -0.2) is 0 Å². The van der Waals surface area contributed by atoms with Gasteiger partial charge >= 0.3 is 0 Å². The molecule has 0 aliphatic heterocycles. The van der Waals surface area contributed by atoms with Crippen LogP contribution in [0.3, 0.4) is 0 Å². The van der Waals surface area contributed by atoms with Crippen molar-refractivity contribution in [1.82, 2.24) is 0 Å². The molecule has 0 saturated carbocycles. The average molecular weight is 317 g/mol. The van der Waals surface area contributed by atoms with Gasteiger partial charge in [0.05, 0.1) is 0 Å². The van der Waals surface area contributed by atoms with Crippen molar-refractivity contribution in [1.29, 1.82) is 0 Å². The largest absolute Gasteiger partial charge is 0.488 e. The Labute approximate surface area is 123 Å². The van der Waals surface area contributed by atoms with Crippen molar-refractivity contribution in [3.05, 3.63) is 69.7 Å². The molecule has 2 aromatic rings. The van der Waals surface area contributed by atoms with E-state index in [1.54, 1.807) is 0 Å². The third-order valence-corrected chi connectivity index (χ3v) is 3.48. The second-order valence-electron chi connectivity index (χ2n) is 4.60. The van der Waals surface area contributed by atoms with E-state index in [2.05, 4.69) is 60.6 Å². The summed E-state index contributed by atoms with van der Waals surface area (Å²) in [7, 11) is 0. The lowest BCUT2D eigenvalue weighted by atomic mass is 10.1. The van der Waals surface area contributed by atoms with Crippen LogP contribution in [0.25, 0.3) is 6.08 Å². The summed E-state index contributed by atoms with van der Waals surface area (Å²) in [5.41, 5.74) is 4.58. The molecular weight excluding hydrogens is 300 g/mol. The van der Waals surface area contributed by atoms with Crippen molar-refractivity contribution in [3.63, 3.8) is 0 Å². The van der Waals surface area contributed by atoms with Gasteiger partial charge in [0.25, 0.3) is 0 Å². The van der Waals surface area contributed by atoms with E-state index in [1.807, 2.05) is 18.2 Å². The van der Waals surface area contributed by atoms with Gasteiger partial charge in [-0.1, -0.05) is 52.9 Å².